The highest BCUT2D eigenvalue weighted by atomic mass is 32.1. The summed E-state index contributed by atoms with van der Waals surface area (Å²) in [5, 5.41) is 29.0. The van der Waals surface area contributed by atoms with E-state index in [9.17, 15) is 5.11 Å². The van der Waals surface area contributed by atoms with E-state index in [0.717, 1.165) is 36.2 Å². The molecule has 25 heavy (non-hydrogen) atoms. The Labute approximate surface area is 148 Å². The number of H-pyrrole nitrogens is 2. The maximum absolute atomic E-state index is 10.2. The van der Waals surface area contributed by atoms with E-state index in [2.05, 4.69) is 25.5 Å². The molecule has 4 rings (SSSR count). The molecule has 0 radical (unpaired) electrons. The Morgan fingerprint density at radius 1 is 1.32 bits per heavy atom. The minimum Gasteiger partial charge on any atom is -0.504 e. The largest absolute Gasteiger partial charge is 0.504 e. The normalized spacial score (nSPS) is 13.5. The molecule has 1 aromatic carbocycles. The monoisotopic (exact) mass is 356 g/mol. The molecular formula is C16H16N6O2S. The lowest BCUT2D eigenvalue weighted by atomic mass is 10.2. The Morgan fingerprint density at radius 3 is 3.04 bits per heavy atom. The number of methoxy groups -OCH3 is 1. The second kappa shape index (κ2) is 6.17. The standard InChI is InChI=1S/C16H16N6O2S/c1-24-12-7-2-4-9(14(12)23)8-17-22-15(20-21-16(22)25)13-10-5-3-6-11(10)18-19-13/h2,4,7-8,23H,3,5-6H2,1H3,(H,18,19)(H,21,25). The van der Waals surface area contributed by atoms with Crippen molar-refractivity contribution in [1.82, 2.24) is 25.1 Å². The molecule has 0 unspecified atom stereocenters. The first-order chi connectivity index (χ1) is 12.2. The summed E-state index contributed by atoms with van der Waals surface area (Å²) in [6.45, 7) is 0. The molecule has 0 saturated carbocycles. The zero-order valence-corrected chi connectivity index (χ0v) is 14.3. The summed E-state index contributed by atoms with van der Waals surface area (Å²) in [5.74, 6) is 0.944. The van der Waals surface area contributed by atoms with Crippen LogP contribution in [0.3, 0.4) is 0 Å². The van der Waals surface area contributed by atoms with Crippen LogP contribution >= 0.6 is 12.2 Å². The van der Waals surface area contributed by atoms with Crippen LogP contribution in [0.4, 0.5) is 0 Å². The fourth-order valence-electron chi connectivity index (χ4n) is 2.98. The minimum atomic E-state index is 0.0194. The summed E-state index contributed by atoms with van der Waals surface area (Å²) >= 11 is 5.28. The molecule has 8 nitrogen and oxygen atoms in total. The van der Waals surface area contributed by atoms with Crippen LogP contribution in [-0.4, -0.2) is 43.5 Å². The second-order valence-electron chi connectivity index (χ2n) is 5.69. The Morgan fingerprint density at radius 2 is 2.20 bits per heavy atom. The fraction of sp³-hybridized carbons (Fsp3) is 0.250. The summed E-state index contributed by atoms with van der Waals surface area (Å²) in [6, 6.07) is 5.18. The van der Waals surface area contributed by atoms with Gasteiger partial charge in [0.05, 0.1) is 13.3 Å². The topological polar surface area (TPSA) is 104 Å². The van der Waals surface area contributed by atoms with E-state index < -0.39 is 0 Å². The van der Waals surface area contributed by atoms with Gasteiger partial charge in [-0.2, -0.15) is 20.0 Å². The van der Waals surface area contributed by atoms with Crippen LogP contribution in [0, 0.1) is 4.77 Å². The number of rotatable bonds is 4. The van der Waals surface area contributed by atoms with E-state index in [1.165, 1.54) is 18.0 Å². The lowest BCUT2D eigenvalue weighted by Gasteiger charge is -2.05. The van der Waals surface area contributed by atoms with Crippen LogP contribution in [0.25, 0.3) is 11.5 Å². The Kier molecular flexibility index (Phi) is 3.85. The SMILES string of the molecule is COc1cccc(C=Nn2c(-c3n[nH]c4c3CCC4)n[nH]c2=S)c1O. The van der Waals surface area contributed by atoms with E-state index >= 15 is 0 Å². The van der Waals surface area contributed by atoms with Crippen molar-refractivity contribution in [3.8, 4) is 23.0 Å². The van der Waals surface area contributed by atoms with Gasteiger partial charge in [0.2, 0.25) is 10.6 Å². The van der Waals surface area contributed by atoms with Gasteiger partial charge in [-0.1, -0.05) is 6.07 Å². The van der Waals surface area contributed by atoms with Crippen LogP contribution < -0.4 is 4.74 Å². The number of ether oxygens (including phenoxy) is 1. The number of para-hydroxylation sites is 1. The molecule has 0 aliphatic heterocycles. The Balaban J connectivity index is 1.75. The van der Waals surface area contributed by atoms with Gasteiger partial charge in [-0.05, 0) is 43.6 Å². The van der Waals surface area contributed by atoms with Crippen molar-refractivity contribution in [2.75, 3.05) is 7.11 Å². The van der Waals surface area contributed by atoms with Crippen LogP contribution in [0.1, 0.15) is 23.2 Å². The van der Waals surface area contributed by atoms with Gasteiger partial charge in [0.1, 0.15) is 5.69 Å². The molecule has 3 aromatic rings. The van der Waals surface area contributed by atoms with E-state index in [1.54, 1.807) is 18.2 Å². The predicted molar refractivity (Wildman–Crippen MR) is 94.7 cm³/mol. The van der Waals surface area contributed by atoms with Gasteiger partial charge in [0, 0.05) is 16.8 Å². The molecule has 128 valence electrons. The van der Waals surface area contributed by atoms with Gasteiger partial charge in [-0.25, -0.2) is 5.10 Å². The molecule has 0 saturated heterocycles. The van der Waals surface area contributed by atoms with Gasteiger partial charge in [-0.3, -0.25) is 5.10 Å². The van der Waals surface area contributed by atoms with Gasteiger partial charge < -0.3 is 9.84 Å². The first-order valence-corrected chi connectivity index (χ1v) is 8.24. The van der Waals surface area contributed by atoms with Gasteiger partial charge >= 0.3 is 0 Å². The molecule has 2 heterocycles. The molecule has 0 atom stereocenters. The number of hydrogen-bond acceptors (Lipinski definition) is 6. The van der Waals surface area contributed by atoms with Crippen LogP contribution in [0.5, 0.6) is 11.5 Å². The first-order valence-electron chi connectivity index (χ1n) is 7.83. The van der Waals surface area contributed by atoms with Crippen molar-refractivity contribution < 1.29 is 9.84 Å². The smallest absolute Gasteiger partial charge is 0.216 e. The van der Waals surface area contributed by atoms with E-state index in [0.29, 0.717) is 21.9 Å². The Hall–Kier alpha value is -2.94. The lowest BCUT2D eigenvalue weighted by molar-refractivity contribution is 0.373. The van der Waals surface area contributed by atoms with Crippen molar-refractivity contribution in [3.05, 3.63) is 39.8 Å². The number of phenols is 1. The zero-order valence-electron chi connectivity index (χ0n) is 13.5. The highest BCUT2D eigenvalue weighted by molar-refractivity contribution is 7.71. The highest BCUT2D eigenvalue weighted by Crippen LogP contribution is 2.30. The quantitative estimate of drug-likeness (QED) is 0.492. The van der Waals surface area contributed by atoms with Crippen molar-refractivity contribution in [2.45, 2.75) is 19.3 Å². The molecule has 3 N–H and O–H groups in total. The number of fused-ring (bicyclic) bond motifs is 1. The number of aromatic hydroxyl groups is 1. The van der Waals surface area contributed by atoms with E-state index in [-0.39, 0.29) is 5.75 Å². The molecule has 1 aliphatic rings. The maximum Gasteiger partial charge on any atom is 0.216 e. The van der Waals surface area contributed by atoms with Gasteiger partial charge in [0.25, 0.3) is 0 Å². The second-order valence-corrected chi connectivity index (χ2v) is 6.08. The third kappa shape index (κ3) is 2.62. The first kappa shape index (κ1) is 15.6. The summed E-state index contributed by atoms with van der Waals surface area (Å²) in [7, 11) is 1.50. The third-order valence-corrected chi connectivity index (χ3v) is 4.50. The summed E-state index contributed by atoms with van der Waals surface area (Å²) in [6.07, 6.45) is 4.57. The van der Waals surface area contributed by atoms with Crippen molar-refractivity contribution >= 4 is 18.4 Å². The third-order valence-electron chi connectivity index (χ3n) is 4.23. The number of phenolic OH excluding ortho intramolecular Hbond substituents is 1. The molecule has 9 heteroatoms. The van der Waals surface area contributed by atoms with Crippen LogP contribution in [0.2, 0.25) is 0 Å². The van der Waals surface area contributed by atoms with E-state index in [1.807, 2.05) is 0 Å². The lowest BCUT2D eigenvalue weighted by Crippen LogP contribution is -1.98. The molecule has 0 spiro atoms. The molecule has 1 aliphatic carbocycles. The highest BCUT2D eigenvalue weighted by Gasteiger charge is 2.23. The number of aryl methyl sites for hydroxylation is 1. The van der Waals surface area contributed by atoms with Gasteiger partial charge in [-0.15, -0.1) is 0 Å². The average Bonchev–Trinajstić information content (AvgIpc) is 3.30. The Bertz CT molecular complexity index is 1020. The van der Waals surface area contributed by atoms with Crippen molar-refractivity contribution in [1.29, 1.82) is 0 Å². The van der Waals surface area contributed by atoms with Crippen molar-refractivity contribution in [3.63, 3.8) is 0 Å². The zero-order chi connectivity index (χ0) is 17.4. The summed E-state index contributed by atoms with van der Waals surface area (Å²) in [5.41, 5.74) is 3.58. The van der Waals surface area contributed by atoms with Gasteiger partial charge in [0.15, 0.2) is 11.5 Å². The molecule has 0 amide bonds. The minimum absolute atomic E-state index is 0.0194. The van der Waals surface area contributed by atoms with Crippen LogP contribution in [-0.2, 0) is 12.8 Å². The molecule has 0 fully saturated rings. The van der Waals surface area contributed by atoms with E-state index in [4.69, 9.17) is 17.0 Å². The number of hydrogen-bond donors (Lipinski definition) is 3. The summed E-state index contributed by atoms with van der Waals surface area (Å²) < 4.78 is 6.96. The number of nitrogens with one attached hydrogen (secondary N) is 2. The number of nitrogens with zero attached hydrogens (tertiary/aromatic N) is 4. The van der Waals surface area contributed by atoms with Crippen LogP contribution in [0.15, 0.2) is 23.3 Å². The average molecular weight is 356 g/mol. The number of aromatic nitrogens is 5. The fourth-order valence-corrected chi connectivity index (χ4v) is 3.16. The van der Waals surface area contributed by atoms with Crippen molar-refractivity contribution in [2.24, 2.45) is 5.10 Å². The predicted octanol–water partition coefficient (Wildman–Crippen LogP) is 2.42. The molecule has 2 aromatic heterocycles. The maximum atomic E-state index is 10.2. The summed E-state index contributed by atoms with van der Waals surface area (Å²) in [4.78, 5) is 0. The number of benzene rings is 1. The molecule has 0 bridgehead atoms. The number of aromatic amines is 2. The molecular weight excluding hydrogens is 340 g/mol.